The van der Waals surface area contributed by atoms with E-state index in [4.69, 9.17) is 14.6 Å². The molecule has 2 aromatic rings. The standard InChI is InChI=1S/C21H28N4O3/c1-15-11-16(13-22-12-15)21(26)24-7-4-3-5-19(24)20-17-14-28-9-6-18(17)25(23-20)8-10-27-2/h11-13,19H,3-10,14H2,1-2H3. The summed E-state index contributed by atoms with van der Waals surface area (Å²) in [5.74, 6) is 0.0396. The van der Waals surface area contributed by atoms with Crippen molar-refractivity contribution < 1.29 is 14.3 Å². The number of ether oxygens (including phenoxy) is 2. The van der Waals surface area contributed by atoms with Crippen LogP contribution in [0, 0.1) is 6.92 Å². The van der Waals surface area contributed by atoms with Gasteiger partial charge >= 0.3 is 0 Å². The van der Waals surface area contributed by atoms with Gasteiger partial charge in [0.05, 0.1) is 43.7 Å². The number of aryl methyl sites for hydroxylation is 1. The molecule has 28 heavy (non-hydrogen) atoms. The van der Waals surface area contributed by atoms with E-state index in [1.807, 2.05) is 17.9 Å². The van der Waals surface area contributed by atoms with Crippen LogP contribution < -0.4 is 0 Å². The number of rotatable bonds is 5. The second-order valence-corrected chi connectivity index (χ2v) is 7.59. The average Bonchev–Trinajstić information content (AvgIpc) is 3.10. The Morgan fingerprint density at radius 3 is 3.07 bits per heavy atom. The molecule has 4 rings (SSSR count). The molecule has 0 aliphatic carbocycles. The molecule has 0 N–H and O–H groups in total. The molecule has 0 radical (unpaired) electrons. The van der Waals surface area contributed by atoms with Crippen LogP contribution in [-0.4, -0.2) is 52.4 Å². The number of carbonyl (C=O) groups is 1. The number of nitrogens with zero attached hydrogens (tertiary/aromatic N) is 4. The lowest BCUT2D eigenvalue weighted by atomic mass is 9.94. The van der Waals surface area contributed by atoms with Gasteiger partial charge in [-0.15, -0.1) is 0 Å². The molecular weight excluding hydrogens is 356 g/mol. The lowest BCUT2D eigenvalue weighted by molar-refractivity contribution is 0.0595. The summed E-state index contributed by atoms with van der Waals surface area (Å²) in [7, 11) is 1.71. The van der Waals surface area contributed by atoms with Crippen molar-refractivity contribution in [3.8, 4) is 0 Å². The van der Waals surface area contributed by atoms with Crippen LogP contribution in [0.1, 0.15) is 58.2 Å². The van der Waals surface area contributed by atoms with Crippen LogP contribution in [0.4, 0.5) is 0 Å². The topological polar surface area (TPSA) is 69.5 Å². The molecule has 1 saturated heterocycles. The summed E-state index contributed by atoms with van der Waals surface area (Å²) < 4.78 is 13.1. The fraction of sp³-hybridized carbons (Fsp3) is 0.571. The predicted octanol–water partition coefficient (Wildman–Crippen LogP) is 2.67. The molecule has 7 heteroatoms. The highest BCUT2D eigenvalue weighted by Gasteiger charge is 2.34. The van der Waals surface area contributed by atoms with Crippen molar-refractivity contribution in [3.63, 3.8) is 0 Å². The second kappa shape index (κ2) is 8.41. The SMILES string of the molecule is COCCn1nc(C2CCCCN2C(=O)c2cncc(C)c2)c2c1CCOC2. The first kappa shape index (κ1) is 19.1. The maximum Gasteiger partial charge on any atom is 0.255 e. The number of carbonyl (C=O) groups excluding carboxylic acids is 1. The van der Waals surface area contributed by atoms with Crippen molar-refractivity contribution in [3.05, 3.63) is 46.5 Å². The molecule has 0 bridgehead atoms. The number of fused-ring (bicyclic) bond motifs is 1. The normalized spacial score (nSPS) is 19.5. The Kier molecular flexibility index (Phi) is 5.73. The highest BCUT2D eigenvalue weighted by molar-refractivity contribution is 5.94. The number of hydrogen-bond acceptors (Lipinski definition) is 5. The predicted molar refractivity (Wildman–Crippen MR) is 104 cm³/mol. The quantitative estimate of drug-likeness (QED) is 0.793. The monoisotopic (exact) mass is 384 g/mol. The largest absolute Gasteiger partial charge is 0.383 e. The lowest BCUT2D eigenvalue weighted by Crippen LogP contribution is -2.39. The minimum Gasteiger partial charge on any atom is -0.383 e. The first-order valence-corrected chi connectivity index (χ1v) is 10.1. The van der Waals surface area contributed by atoms with Crippen LogP contribution in [0.5, 0.6) is 0 Å². The van der Waals surface area contributed by atoms with Gasteiger partial charge in [0.2, 0.25) is 0 Å². The zero-order valence-corrected chi connectivity index (χ0v) is 16.7. The Morgan fingerprint density at radius 1 is 1.36 bits per heavy atom. The van der Waals surface area contributed by atoms with Gasteiger partial charge in [-0.3, -0.25) is 14.5 Å². The molecule has 2 aromatic heterocycles. The van der Waals surface area contributed by atoms with Gasteiger partial charge in [0.25, 0.3) is 5.91 Å². The summed E-state index contributed by atoms with van der Waals surface area (Å²) >= 11 is 0. The van der Waals surface area contributed by atoms with Crippen molar-refractivity contribution in [2.45, 2.75) is 51.8 Å². The summed E-state index contributed by atoms with van der Waals surface area (Å²) in [6, 6.07) is 1.90. The molecule has 2 aliphatic heterocycles. The van der Waals surface area contributed by atoms with Crippen LogP contribution in [-0.2, 0) is 29.0 Å². The van der Waals surface area contributed by atoms with Gasteiger partial charge in [-0.1, -0.05) is 0 Å². The zero-order valence-electron chi connectivity index (χ0n) is 16.7. The van der Waals surface area contributed by atoms with Crippen molar-refractivity contribution in [2.24, 2.45) is 0 Å². The second-order valence-electron chi connectivity index (χ2n) is 7.59. The van der Waals surface area contributed by atoms with E-state index in [0.717, 1.165) is 55.6 Å². The Morgan fingerprint density at radius 2 is 2.25 bits per heavy atom. The molecule has 1 unspecified atom stereocenters. The van der Waals surface area contributed by atoms with E-state index in [9.17, 15) is 4.79 Å². The molecule has 4 heterocycles. The van der Waals surface area contributed by atoms with Crippen LogP contribution in [0.25, 0.3) is 0 Å². The maximum absolute atomic E-state index is 13.3. The number of likely N-dealkylation sites (tertiary alicyclic amines) is 1. The third-order valence-corrected chi connectivity index (χ3v) is 5.64. The molecule has 1 amide bonds. The Labute approximate surface area is 165 Å². The van der Waals surface area contributed by atoms with Gasteiger partial charge in [-0.05, 0) is 37.8 Å². The van der Waals surface area contributed by atoms with Crippen molar-refractivity contribution >= 4 is 5.91 Å². The van der Waals surface area contributed by atoms with Crippen LogP contribution in [0.15, 0.2) is 18.5 Å². The summed E-state index contributed by atoms with van der Waals surface area (Å²) in [4.78, 5) is 19.5. The highest BCUT2D eigenvalue weighted by atomic mass is 16.5. The van der Waals surface area contributed by atoms with E-state index < -0.39 is 0 Å². The van der Waals surface area contributed by atoms with Gasteiger partial charge in [-0.2, -0.15) is 5.10 Å². The van der Waals surface area contributed by atoms with Crippen LogP contribution in [0.2, 0.25) is 0 Å². The van der Waals surface area contributed by atoms with Gasteiger partial charge < -0.3 is 14.4 Å². The molecule has 7 nitrogen and oxygen atoms in total. The molecule has 1 atom stereocenters. The number of piperidine rings is 1. The molecule has 0 aromatic carbocycles. The lowest BCUT2D eigenvalue weighted by Gasteiger charge is -2.35. The van der Waals surface area contributed by atoms with E-state index in [0.29, 0.717) is 25.4 Å². The minimum absolute atomic E-state index is 0.0130. The fourth-order valence-electron chi connectivity index (χ4n) is 4.26. The van der Waals surface area contributed by atoms with Crippen molar-refractivity contribution in [1.82, 2.24) is 19.7 Å². The van der Waals surface area contributed by atoms with Gasteiger partial charge in [0.15, 0.2) is 0 Å². The Hall–Kier alpha value is -2.25. The third kappa shape index (κ3) is 3.69. The highest BCUT2D eigenvalue weighted by Crippen LogP contribution is 2.36. The average molecular weight is 384 g/mol. The van der Waals surface area contributed by atoms with Crippen LogP contribution in [0.3, 0.4) is 0 Å². The van der Waals surface area contributed by atoms with E-state index in [1.165, 1.54) is 5.69 Å². The Balaban J connectivity index is 1.68. The summed E-state index contributed by atoms with van der Waals surface area (Å²) in [6.45, 7) is 5.34. The molecule has 1 fully saturated rings. The summed E-state index contributed by atoms with van der Waals surface area (Å²) in [5.41, 5.74) is 5.03. The van der Waals surface area contributed by atoms with E-state index in [-0.39, 0.29) is 11.9 Å². The van der Waals surface area contributed by atoms with Gasteiger partial charge in [0.1, 0.15) is 0 Å². The van der Waals surface area contributed by atoms with Gasteiger partial charge in [-0.25, -0.2) is 0 Å². The van der Waals surface area contributed by atoms with Gasteiger partial charge in [0, 0.05) is 43.7 Å². The number of amides is 1. The molecule has 0 spiro atoms. The number of methoxy groups -OCH3 is 1. The molecular formula is C21H28N4O3. The van der Waals surface area contributed by atoms with Crippen molar-refractivity contribution in [2.75, 3.05) is 26.9 Å². The molecule has 0 saturated carbocycles. The Bertz CT molecular complexity index is 848. The van der Waals surface area contributed by atoms with Crippen LogP contribution >= 0.6 is 0 Å². The molecule has 150 valence electrons. The summed E-state index contributed by atoms with van der Waals surface area (Å²) in [6.07, 6.45) is 7.34. The first-order chi connectivity index (χ1) is 13.7. The minimum atomic E-state index is -0.0130. The maximum atomic E-state index is 13.3. The zero-order chi connectivity index (χ0) is 19.5. The number of hydrogen-bond donors (Lipinski definition) is 0. The summed E-state index contributed by atoms with van der Waals surface area (Å²) in [5, 5.41) is 4.94. The van der Waals surface area contributed by atoms with E-state index >= 15 is 0 Å². The number of aromatic nitrogens is 3. The van der Waals surface area contributed by atoms with E-state index in [1.54, 1.807) is 19.5 Å². The fourth-order valence-corrected chi connectivity index (χ4v) is 4.26. The first-order valence-electron chi connectivity index (χ1n) is 10.1. The molecule has 2 aliphatic rings. The smallest absolute Gasteiger partial charge is 0.255 e. The third-order valence-electron chi connectivity index (χ3n) is 5.64. The van der Waals surface area contributed by atoms with Crippen molar-refractivity contribution in [1.29, 1.82) is 0 Å². The van der Waals surface area contributed by atoms with E-state index in [2.05, 4.69) is 9.67 Å². The number of pyridine rings is 1.